The Kier molecular flexibility index (Phi) is 7.59. The molecule has 2 amide bonds. The zero-order valence-corrected chi connectivity index (χ0v) is 13.1. The number of carbonyl (C=O) groups excluding carboxylic acids is 2. The van der Waals surface area contributed by atoms with Crippen LogP contribution in [0.15, 0.2) is 0 Å². The number of amides is 2. The molecule has 0 bridgehead atoms. The SMILES string of the molecule is CCOCCN(C)C(=O)CCC1CCN(C(C)=O)CC1. The van der Waals surface area contributed by atoms with Gasteiger partial charge in [0.2, 0.25) is 11.8 Å². The van der Waals surface area contributed by atoms with Crippen LogP contribution in [0.1, 0.15) is 39.5 Å². The Labute approximate surface area is 122 Å². The molecule has 1 aliphatic heterocycles. The summed E-state index contributed by atoms with van der Waals surface area (Å²) < 4.78 is 5.25. The van der Waals surface area contributed by atoms with Gasteiger partial charge in [0.05, 0.1) is 6.61 Å². The Bertz CT molecular complexity index is 312. The number of nitrogens with zero attached hydrogens (tertiary/aromatic N) is 2. The van der Waals surface area contributed by atoms with E-state index in [1.165, 1.54) is 0 Å². The van der Waals surface area contributed by atoms with Crippen molar-refractivity contribution in [1.82, 2.24) is 9.80 Å². The Balaban J connectivity index is 2.17. The van der Waals surface area contributed by atoms with Gasteiger partial charge in [0, 0.05) is 46.6 Å². The lowest BCUT2D eigenvalue weighted by Gasteiger charge is -2.31. The van der Waals surface area contributed by atoms with Gasteiger partial charge in [-0.2, -0.15) is 0 Å². The van der Waals surface area contributed by atoms with E-state index in [0.717, 1.165) is 32.4 Å². The molecule has 1 aliphatic rings. The Hall–Kier alpha value is -1.10. The van der Waals surface area contributed by atoms with Crippen LogP contribution < -0.4 is 0 Å². The molecule has 1 fully saturated rings. The summed E-state index contributed by atoms with van der Waals surface area (Å²) in [7, 11) is 1.83. The number of hydrogen-bond acceptors (Lipinski definition) is 3. The summed E-state index contributed by atoms with van der Waals surface area (Å²) in [6.07, 6.45) is 3.59. The Morgan fingerprint density at radius 1 is 1.30 bits per heavy atom. The van der Waals surface area contributed by atoms with Crippen molar-refractivity contribution in [3.63, 3.8) is 0 Å². The lowest BCUT2D eigenvalue weighted by Crippen LogP contribution is -2.37. The summed E-state index contributed by atoms with van der Waals surface area (Å²) >= 11 is 0. The van der Waals surface area contributed by atoms with Crippen molar-refractivity contribution >= 4 is 11.8 Å². The van der Waals surface area contributed by atoms with Gasteiger partial charge in [-0.25, -0.2) is 0 Å². The lowest BCUT2D eigenvalue weighted by molar-refractivity contribution is -0.132. The number of piperidine rings is 1. The van der Waals surface area contributed by atoms with E-state index in [1.54, 1.807) is 11.8 Å². The average molecular weight is 284 g/mol. The topological polar surface area (TPSA) is 49.9 Å². The van der Waals surface area contributed by atoms with Crippen molar-refractivity contribution < 1.29 is 14.3 Å². The van der Waals surface area contributed by atoms with Crippen LogP contribution in [-0.2, 0) is 14.3 Å². The first-order valence-corrected chi connectivity index (χ1v) is 7.61. The van der Waals surface area contributed by atoms with Gasteiger partial charge < -0.3 is 14.5 Å². The van der Waals surface area contributed by atoms with E-state index < -0.39 is 0 Å². The molecule has 1 saturated heterocycles. The van der Waals surface area contributed by atoms with Crippen molar-refractivity contribution in [3.8, 4) is 0 Å². The summed E-state index contributed by atoms with van der Waals surface area (Å²) in [5.41, 5.74) is 0. The first-order valence-electron chi connectivity index (χ1n) is 7.61. The van der Waals surface area contributed by atoms with Crippen molar-refractivity contribution in [2.75, 3.05) is 39.9 Å². The maximum Gasteiger partial charge on any atom is 0.222 e. The third-order valence-corrected chi connectivity index (χ3v) is 4.03. The van der Waals surface area contributed by atoms with E-state index in [1.807, 2.05) is 18.9 Å². The summed E-state index contributed by atoms with van der Waals surface area (Å²) in [4.78, 5) is 26.8. The minimum atomic E-state index is 0.162. The molecule has 5 heteroatoms. The van der Waals surface area contributed by atoms with Crippen molar-refractivity contribution in [2.45, 2.75) is 39.5 Å². The van der Waals surface area contributed by atoms with Gasteiger partial charge in [0.1, 0.15) is 0 Å². The van der Waals surface area contributed by atoms with Crippen LogP contribution in [0.2, 0.25) is 0 Å². The monoisotopic (exact) mass is 284 g/mol. The average Bonchev–Trinajstić information content (AvgIpc) is 2.45. The predicted molar refractivity (Wildman–Crippen MR) is 78.3 cm³/mol. The fourth-order valence-corrected chi connectivity index (χ4v) is 2.53. The first kappa shape index (κ1) is 17.0. The van der Waals surface area contributed by atoms with Gasteiger partial charge in [-0.3, -0.25) is 9.59 Å². The van der Waals surface area contributed by atoms with Gasteiger partial charge in [0.25, 0.3) is 0 Å². The Morgan fingerprint density at radius 2 is 1.95 bits per heavy atom. The van der Waals surface area contributed by atoms with E-state index in [4.69, 9.17) is 4.74 Å². The Morgan fingerprint density at radius 3 is 2.50 bits per heavy atom. The van der Waals surface area contributed by atoms with E-state index in [0.29, 0.717) is 32.1 Å². The second-order valence-corrected chi connectivity index (χ2v) is 5.50. The smallest absolute Gasteiger partial charge is 0.222 e. The van der Waals surface area contributed by atoms with Gasteiger partial charge in [-0.05, 0) is 32.1 Å². The predicted octanol–water partition coefficient (Wildman–Crippen LogP) is 1.52. The number of ether oxygens (including phenoxy) is 1. The molecule has 0 atom stereocenters. The molecule has 0 aromatic heterocycles. The largest absolute Gasteiger partial charge is 0.380 e. The molecule has 116 valence electrons. The van der Waals surface area contributed by atoms with E-state index in [2.05, 4.69) is 0 Å². The van der Waals surface area contributed by atoms with Gasteiger partial charge in [-0.1, -0.05) is 0 Å². The molecule has 1 rings (SSSR count). The fraction of sp³-hybridized carbons (Fsp3) is 0.867. The number of rotatable bonds is 7. The van der Waals surface area contributed by atoms with Gasteiger partial charge in [0.15, 0.2) is 0 Å². The molecule has 0 N–H and O–H groups in total. The normalized spacial score (nSPS) is 16.2. The molecular weight excluding hydrogens is 256 g/mol. The maximum atomic E-state index is 12.0. The highest BCUT2D eigenvalue weighted by molar-refractivity contribution is 5.75. The number of likely N-dealkylation sites (tertiary alicyclic amines) is 1. The van der Waals surface area contributed by atoms with Crippen molar-refractivity contribution in [2.24, 2.45) is 5.92 Å². The van der Waals surface area contributed by atoms with Crippen LogP contribution >= 0.6 is 0 Å². The highest BCUT2D eigenvalue weighted by Crippen LogP contribution is 2.22. The number of likely N-dealkylation sites (N-methyl/N-ethyl adjacent to an activating group) is 1. The molecule has 0 spiro atoms. The van der Waals surface area contributed by atoms with Crippen LogP contribution in [0.25, 0.3) is 0 Å². The van der Waals surface area contributed by atoms with E-state index in [9.17, 15) is 9.59 Å². The zero-order valence-electron chi connectivity index (χ0n) is 13.1. The number of carbonyl (C=O) groups is 2. The van der Waals surface area contributed by atoms with E-state index in [-0.39, 0.29) is 11.8 Å². The second kappa shape index (κ2) is 8.95. The summed E-state index contributed by atoms with van der Waals surface area (Å²) in [5.74, 6) is 0.934. The van der Waals surface area contributed by atoms with Crippen molar-refractivity contribution in [3.05, 3.63) is 0 Å². The summed E-state index contributed by atoms with van der Waals surface area (Å²) in [6.45, 7) is 7.22. The summed E-state index contributed by atoms with van der Waals surface area (Å²) in [6, 6.07) is 0. The molecule has 0 unspecified atom stereocenters. The summed E-state index contributed by atoms with van der Waals surface area (Å²) in [5, 5.41) is 0. The molecule has 20 heavy (non-hydrogen) atoms. The van der Waals surface area contributed by atoms with Crippen molar-refractivity contribution in [1.29, 1.82) is 0 Å². The number of hydrogen-bond donors (Lipinski definition) is 0. The third-order valence-electron chi connectivity index (χ3n) is 4.03. The fourth-order valence-electron chi connectivity index (χ4n) is 2.53. The molecule has 5 nitrogen and oxygen atoms in total. The van der Waals surface area contributed by atoms with Crippen LogP contribution in [0.3, 0.4) is 0 Å². The molecule has 1 heterocycles. The van der Waals surface area contributed by atoms with Gasteiger partial charge in [-0.15, -0.1) is 0 Å². The highest BCUT2D eigenvalue weighted by atomic mass is 16.5. The van der Waals surface area contributed by atoms with Crippen LogP contribution in [0.4, 0.5) is 0 Å². The third kappa shape index (κ3) is 5.90. The van der Waals surface area contributed by atoms with Crippen LogP contribution in [0, 0.1) is 5.92 Å². The first-order chi connectivity index (χ1) is 9.54. The van der Waals surface area contributed by atoms with Gasteiger partial charge >= 0.3 is 0 Å². The standard InChI is InChI=1S/C15H28N2O3/c1-4-20-12-11-16(3)15(19)6-5-14-7-9-17(10-8-14)13(2)18/h14H,4-12H2,1-3H3. The molecule has 0 aromatic rings. The minimum absolute atomic E-state index is 0.162. The zero-order chi connectivity index (χ0) is 15.0. The molecule has 0 radical (unpaired) electrons. The quantitative estimate of drug-likeness (QED) is 0.666. The molecule has 0 aromatic carbocycles. The highest BCUT2D eigenvalue weighted by Gasteiger charge is 2.21. The van der Waals surface area contributed by atoms with E-state index >= 15 is 0 Å². The second-order valence-electron chi connectivity index (χ2n) is 5.50. The lowest BCUT2D eigenvalue weighted by atomic mass is 9.92. The molecule has 0 aliphatic carbocycles. The van der Waals surface area contributed by atoms with Crippen LogP contribution in [-0.4, -0.2) is 61.5 Å². The maximum absolute atomic E-state index is 12.0. The molecular formula is C15H28N2O3. The molecule has 0 saturated carbocycles. The minimum Gasteiger partial charge on any atom is -0.380 e. The van der Waals surface area contributed by atoms with Crippen LogP contribution in [0.5, 0.6) is 0 Å².